The molecule has 0 amide bonds. The first-order valence-corrected chi connectivity index (χ1v) is 14.2. The molecule has 8 atom stereocenters. The van der Waals surface area contributed by atoms with Gasteiger partial charge in [-0.05, 0) is 131 Å². The minimum Gasteiger partial charge on any atom is -0.390 e. The molecule has 0 aromatic rings. The minimum atomic E-state index is -0.432. The lowest BCUT2D eigenvalue weighted by Crippen LogP contribution is -2.51. The molecule has 184 valence electrons. The van der Waals surface area contributed by atoms with Gasteiger partial charge in [-0.3, -0.25) is 4.79 Å². The van der Waals surface area contributed by atoms with Crippen molar-refractivity contribution in [1.29, 1.82) is 0 Å². The molecule has 0 aromatic carbocycles. The van der Waals surface area contributed by atoms with Crippen LogP contribution in [0, 0.1) is 40.9 Å². The second-order valence-electron chi connectivity index (χ2n) is 13.4. The van der Waals surface area contributed by atoms with E-state index in [4.69, 9.17) is 0 Å². The smallest absolute Gasteiger partial charge is 0.157 e. The van der Waals surface area contributed by atoms with Crippen molar-refractivity contribution >= 4 is 5.78 Å². The third-order valence-electron chi connectivity index (χ3n) is 11.6. The summed E-state index contributed by atoms with van der Waals surface area (Å²) in [5.41, 5.74) is 2.86. The molecule has 4 fully saturated rings. The summed E-state index contributed by atoms with van der Waals surface area (Å²) in [6.07, 6.45) is 15.8. The van der Waals surface area contributed by atoms with Crippen LogP contribution in [0.3, 0.4) is 0 Å². The topological polar surface area (TPSA) is 43.8 Å². The van der Waals surface area contributed by atoms with Crippen molar-refractivity contribution in [2.24, 2.45) is 40.9 Å². The van der Waals surface area contributed by atoms with E-state index in [0.717, 1.165) is 61.8 Å². The lowest BCUT2D eigenvalue weighted by Gasteiger charge is -2.57. The van der Waals surface area contributed by atoms with Crippen LogP contribution in [-0.4, -0.2) is 46.6 Å². The number of allylic oxidation sites excluding steroid dienone is 1. The molecule has 6 aliphatic rings. The molecule has 5 aliphatic carbocycles. The number of aliphatic hydroxyl groups is 1. The molecule has 0 bridgehead atoms. The van der Waals surface area contributed by atoms with E-state index in [-0.39, 0.29) is 11.3 Å². The van der Waals surface area contributed by atoms with Crippen molar-refractivity contribution in [2.75, 3.05) is 20.1 Å². The Morgan fingerprint density at radius 1 is 0.970 bits per heavy atom. The molecule has 33 heavy (non-hydrogen) atoms. The van der Waals surface area contributed by atoms with Crippen LogP contribution in [-0.2, 0) is 4.79 Å². The predicted octanol–water partition coefficient (Wildman–Crippen LogP) is 5.57. The SMILES string of the molecule is CN1CC2=C(CCCC2)N1CC(=O)[C@H]1CC[C@H]2[C@@H]3CC[C@@H]4C[C@](C)(O)CC[C@@H]4[C@H]3CC[C@]12C. The van der Waals surface area contributed by atoms with Crippen LogP contribution in [0.2, 0.25) is 0 Å². The van der Waals surface area contributed by atoms with Gasteiger partial charge in [-0.2, -0.15) is 0 Å². The van der Waals surface area contributed by atoms with Gasteiger partial charge in [-0.15, -0.1) is 0 Å². The number of nitrogens with zero attached hydrogens (tertiary/aromatic N) is 2. The zero-order chi connectivity index (χ0) is 23.0. The number of likely N-dealkylation sites (N-methyl/N-ethyl adjacent to an activating group) is 1. The Balaban J connectivity index is 1.16. The Morgan fingerprint density at radius 3 is 2.61 bits per heavy atom. The van der Waals surface area contributed by atoms with Crippen LogP contribution >= 0.6 is 0 Å². The molecular formula is C29H46N2O2. The largest absolute Gasteiger partial charge is 0.390 e. The summed E-state index contributed by atoms with van der Waals surface area (Å²) in [7, 11) is 2.18. The van der Waals surface area contributed by atoms with Crippen LogP contribution in [0.4, 0.5) is 0 Å². The van der Waals surface area contributed by atoms with Crippen molar-refractivity contribution < 1.29 is 9.90 Å². The monoisotopic (exact) mass is 454 g/mol. The molecule has 1 N–H and O–H groups in total. The van der Waals surface area contributed by atoms with Gasteiger partial charge in [0, 0.05) is 25.2 Å². The third kappa shape index (κ3) is 3.64. The number of carbonyl (C=O) groups is 1. The van der Waals surface area contributed by atoms with Gasteiger partial charge < -0.3 is 10.1 Å². The van der Waals surface area contributed by atoms with Crippen LogP contribution in [0.5, 0.6) is 0 Å². The minimum absolute atomic E-state index is 0.216. The number of ketones is 1. The fraction of sp³-hybridized carbons (Fsp3) is 0.897. The van der Waals surface area contributed by atoms with Gasteiger partial charge in [0.2, 0.25) is 0 Å². The van der Waals surface area contributed by atoms with E-state index >= 15 is 0 Å². The summed E-state index contributed by atoms with van der Waals surface area (Å²) in [6, 6.07) is 0. The van der Waals surface area contributed by atoms with E-state index in [1.165, 1.54) is 63.5 Å². The summed E-state index contributed by atoms with van der Waals surface area (Å²) >= 11 is 0. The molecule has 0 saturated heterocycles. The Hall–Kier alpha value is -0.870. The predicted molar refractivity (Wildman–Crippen MR) is 131 cm³/mol. The average molecular weight is 455 g/mol. The van der Waals surface area contributed by atoms with E-state index in [1.807, 2.05) is 0 Å². The number of Topliss-reactive ketones (excluding diaryl/α,β-unsaturated/α-hetero) is 1. The van der Waals surface area contributed by atoms with Gasteiger partial charge in [0.05, 0.1) is 12.1 Å². The fourth-order valence-corrected chi connectivity index (χ4v) is 10.1. The molecule has 1 aliphatic heterocycles. The number of fused-ring (bicyclic) bond motifs is 5. The fourth-order valence-electron chi connectivity index (χ4n) is 10.1. The van der Waals surface area contributed by atoms with Crippen molar-refractivity contribution in [3.8, 4) is 0 Å². The van der Waals surface area contributed by atoms with Crippen molar-refractivity contribution in [2.45, 2.75) is 103 Å². The van der Waals surface area contributed by atoms with Gasteiger partial charge in [-0.25, -0.2) is 5.01 Å². The summed E-state index contributed by atoms with van der Waals surface area (Å²) in [4.78, 5) is 13.8. The third-order valence-corrected chi connectivity index (χ3v) is 11.6. The highest BCUT2D eigenvalue weighted by molar-refractivity contribution is 5.84. The molecule has 4 nitrogen and oxygen atoms in total. The molecular weight excluding hydrogens is 408 g/mol. The van der Waals surface area contributed by atoms with Gasteiger partial charge in [0.15, 0.2) is 5.78 Å². The van der Waals surface area contributed by atoms with Gasteiger partial charge >= 0.3 is 0 Å². The Labute approximate surface area is 201 Å². The highest BCUT2D eigenvalue weighted by Crippen LogP contribution is 2.64. The molecule has 0 aromatic heterocycles. The normalized spacial score (nSPS) is 47.7. The van der Waals surface area contributed by atoms with E-state index in [9.17, 15) is 9.90 Å². The number of hydrogen-bond acceptors (Lipinski definition) is 4. The van der Waals surface area contributed by atoms with Crippen molar-refractivity contribution in [1.82, 2.24) is 10.0 Å². The van der Waals surface area contributed by atoms with Crippen LogP contribution in [0.15, 0.2) is 11.3 Å². The lowest BCUT2D eigenvalue weighted by molar-refractivity contribution is -0.135. The van der Waals surface area contributed by atoms with E-state index < -0.39 is 5.60 Å². The summed E-state index contributed by atoms with van der Waals surface area (Å²) in [5, 5.41) is 15.3. The first kappa shape index (κ1) is 22.6. The zero-order valence-electron chi connectivity index (χ0n) is 21.3. The molecule has 4 heteroatoms. The Kier molecular flexibility index (Phi) is 5.53. The van der Waals surface area contributed by atoms with E-state index in [1.54, 1.807) is 5.57 Å². The molecule has 0 radical (unpaired) electrons. The summed E-state index contributed by atoms with van der Waals surface area (Å²) in [6.45, 7) is 6.20. The highest BCUT2D eigenvalue weighted by atomic mass is 16.3. The van der Waals surface area contributed by atoms with Gasteiger partial charge in [-0.1, -0.05) is 6.92 Å². The van der Waals surface area contributed by atoms with Crippen LogP contribution in [0.1, 0.15) is 97.3 Å². The van der Waals surface area contributed by atoms with E-state index in [2.05, 4.69) is 30.9 Å². The number of carbonyl (C=O) groups excluding carboxylic acids is 1. The van der Waals surface area contributed by atoms with Gasteiger partial charge in [0.25, 0.3) is 0 Å². The maximum Gasteiger partial charge on any atom is 0.157 e. The second kappa shape index (κ2) is 8.08. The lowest BCUT2D eigenvalue weighted by atomic mass is 9.49. The number of rotatable bonds is 3. The maximum absolute atomic E-state index is 13.8. The van der Waals surface area contributed by atoms with Gasteiger partial charge in [0.1, 0.15) is 0 Å². The van der Waals surface area contributed by atoms with Crippen LogP contribution < -0.4 is 0 Å². The van der Waals surface area contributed by atoms with Crippen LogP contribution in [0.25, 0.3) is 0 Å². The van der Waals surface area contributed by atoms with Crippen molar-refractivity contribution in [3.63, 3.8) is 0 Å². The van der Waals surface area contributed by atoms with E-state index in [0.29, 0.717) is 12.3 Å². The standard InChI is InChI=1S/C29H46N2O2/c1-28(33)14-12-21-19(16-28)8-9-23-22(21)13-15-29(2)24(23)10-11-25(29)27(32)18-31-26-7-5-4-6-20(26)17-30(31)3/h19,21-25,33H,4-18H2,1-3H3/t19-,21+,22-,23-,24+,25-,28-,29+/m1/s1. The Bertz CT molecular complexity index is 833. The molecule has 1 heterocycles. The first-order chi connectivity index (χ1) is 15.8. The maximum atomic E-state index is 13.8. The van der Waals surface area contributed by atoms with Crippen molar-refractivity contribution in [3.05, 3.63) is 11.3 Å². The Morgan fingerprint density at radius 2 is 1.76 bits per heavy atom. The molecule has 0 spiro atoms. The quantitative estimate of drug-likeness (QED) is 0.606. The average Bonchev–Trinajstić information content (AvgIpc) is 3.29. The highest BCUT2D eigenvalue weighted by Gasteiger charge is 2.59. The summed E-state index contributed by atoms with van der Waals surface area (Å²) < 4.78 is 0. The second-order valence-corrected chi connectivity index (χ2v) is 13.4. The summed E-state index contributed by atoms with van der Waals surface area (Å²) in [5.74, 6) is 4.77. The molecule has 4 saturated carbocycles. The molecule has 6 rings (SSSR count). The zero-order valence-corrected chi connectivity index (χ0v) is 21.3. The number of hydrazine groups is 1. The number of hydrogen-bond donors (Lipinski definition) is 1. The first-order valence-electron chi connectivity index (χ1n) is 14.2. The molecule has 0 unspecified atom stereocenters.